The molecule has 0 unspecified atom stereocenters. The van der Waals surface area contributed by atoms with E-state index in [2.05, 4.69) is 5.32 Å². The van der Waals surface area contributed by atoms with Gasteiger partial charge < -0.3 is 5.32 Å². The van der Waals surface area contributed by atoms with Crippen LogP contribution in [0.15, 0.2) is 36.4 Å². The Morgan fingerprint density at radius 1 is 0.950 bits per heavy atom. The molecule has 0 amide bonds. The van der Waals surface area contributed by atoms with Gasteiger partial charge in [-0.1, -0.05) is 29.3 Å². The summed E-state index contributed by atoms with van der Waals surface area (Å²) in [6.45, 7) is 0.440. The molecule has 0 fully saturated rings. The van der Waals surface area contributed by atoms with Crippen molar-refractivity contribution in [1.82, 2.24) is 0 Å². The minimum absolute atomic E-state index is 0.336. The number of benzene rings is 2. The molecule has 0 spiro atoms. The van der Waals surface area contributed by atoms with Crippen molar-refractivity contribution in [2.75, 3.05) is 5.32 Å². The summed E-state index contributed by atoms with van der Waals surface area (Å²) < 4.78 is 0. The summed E-state index contributed by atoms with van der Waals surface area (Å²) in [5, 5.41) is 22.1. The number of anilines is 1. The number of hydrogen-bond donors (Lipinski definition) is 1. The number of hydrogen-bond acceptors (Lipinski definition) is 3. The van der Waals surface area contributed by atoms with E-state index in [1.807, 2.05) is 12.1 Å². The van der Waals surface area contributed by atoms with Gasteiger partial charge in [0.15, 0.2) is 0 Å². The van der Waals surface area contributed by atoms with Crippen LogP contribution >= 0.6 is 23.2 Å². The van der Waals surface area contributed by atoms with Crippen molar-refractivity contribution in [3.05, 3.63) is 63.1 Å². The highest BCUT2D eigenvalue weighted by molar-refractivity contribution is 6.36. The Hall–Kier alpha value is -2.20. The first-order valence-electron chi connectivity index (χ1n) is 5.76. The van der Waals surface area contributed by atoms with E-state index in [0.29, 0.717) is 27.7 Å². The van der Waals surface area contributed by atoms with Crippen LogP contribution in [0.5, 0.6) is 0 Å². The lowest BCUT2D eigenvalue weighted by Gasteiger charge is -2.10. The predicted molar refractivity (Wildman–Crippen MR) is 79.7 cm³/mol. The molecule has 20 heavy (non-hydrogen) atoms. The van der Waals surface area contributed by atoms with E-state index in [0.717, 1.165) is 11.3 Å². The lowest BCUT2D eigenvalue weighted by Crippen LogP contribution is -2.01. The molecule has 0 saturated heterocycles. The van der Waals surface area contributed by atoms with Crippen LogP contribution in [-0.4, -0.2) is 0 Å². The lowest BCUT2D eigenvalue weighted by molar-refractivity contribution is 1.15. The molecule has 0 aliphatic rings. The van der Waals surface area contributed by atoms with Gasteiger partial charge in [-0.2, -0.15) is 10.5 Å². The minimum Gasteiger partial charge on any atom is -0.381 e. The monoisotopic (exact) mass is 301 g/mol. The van der Waals surface area contributed by atoms with Gasteiger partial charge in [-0.05, 0) is 30.3 Å². The number of halogens is 2. The average molecular weight is 302 g/mol. The quantitative estimate of drug-likeness (QED) is 0.917. The molecule has 0 aliphatic heterocycles. The second-order valence-corrected chi connectivity index (χ2v) is 4.85. The predicted octanol–water partition coefficient (Wildman–Crippen LogP) is 4.35. The van der Waals surface area contributed by atoms with Crippen LogP contribution in [0.25, 0.3) is 0 Å². The Bertz CT molecular complexity index is 707. The summed E-state index contributed by atoms with van der Waals surface area (Å²) in [7, 11) is 0. The molecule has 1 N–H and O–H groups in total. The molecule has 98 valence electrons. The SMILES string of the molecule is N#Cc1ccc(NCc2c(Cl)cccc2Cl)cc1C#N. The van der Waals surface area contributed by atoms with Crippen molar-refractivity contribution in [3.63, 3.8) is 0 Å². The van der Waals surface area contributed by atoms with Gasteiger partial charge in [-0.15, -0.1) is 0 Å². The summed E-state index contributed by atoms with van der Waals surface area (Å²) >= 11 is 12.2. The molecule has 0 heterocycles. The van der Waals surface area contributed by atoms with E-state index in [1.165, 1.54) is 0 Å². The van der Waals surface area contributed by atoms with Crippen LogP contribution in [0.2, 0.25) is 10.0 Å². The summed E-state index contributed by atoms with van der Waals surface area (Å²) in [4.78, 5) is 0. The van der Waals surface area contributed by atoms with Crippen LogP contribution in [0.4, 0.5) is 5.69 Å². The highest BCUT2D eigenvalue weighted by Crippen LogP contribution is 2.25. The third-order valence-electron chi connectivity index (χ3n) is 2.79. The third kappa shape index (κ3) is 3.03. The average Bonchev–Trinajstić information content (AvgIpc) is 2.46. The zero-order chi connectivity index (χ0) is 14.5. The molecular weight excluding hydrogens is 293 g/mol. The van der Waals surface area contributed by atoms with Crippen molar-refractivity contribution in [3.8, 4) is 12.1 Å². The third-order valence-corrected chi connectivity index (χ3v) is 3.50. The van der Waals surface area contributed by atoms with Crippen molar-refractivity contribution in [1.29, 1.82) is 10.5 Å². The number of nitriles is 2. The van der Waals surface area contributed by atoms with Crippen LogP contribution < -0.4 is 5.32 Å². The standard InChI is InChI=1S/C15H9Cl2N3/c16-14-2-1-3-15(17)13(14)9-20-12-5-4-10(7-18)11(6-12)8-19/h1-6,20H,9H2. The largest absolute Gasteiger partial charge is 0.381 e. The van der Waals surface area contributed by atoms with Gasteiger partial charge in [-0.3, -0.25) is 0 Å². The van der Waals surface area contributed by atoms with Gasteiger partial charge in [0.05, 0.1) is 11.1 Å². The first-order valence-corrected chi connectivity index (χ1v) is 6.52. The zero-order valence-corrected chi connectivity index (χ0v) is 11.8. The van der Waals surface area contributed by atoms with E-state index in [-0.39, 0.29) is 0 Å². The highest BCUT2D eigenvalue weighted by Gasteiger charge is 2.06. The Balaban J connectivity index is 2.20. The van der Waals surface area contributed by atoms with E-state index in [4.69, 9.17) is 33.7 Å². The van der Waals surface area contributed by atoms with Gasteiger partial charge in [0.25, 0.3) is 0 Å². The molecule has 0 aromatic heterocycles. The first-order chi connectivity index (χ1) is 9.65. The molecule has 5 heteroatoms. The summed E-state index contributed by atoms with van der Waals surface area (Å²) in [5.74, 6) is 0. The van der Waals surface area contributed by atoms with Crippen LogP contribution in [0, 0.1) is 22.7 Å². The van der Waals surface area contributed by atoms with Gasteiger partial charge in [0.2, 0.25) is 0 Å². The molecule has 2 rings (SSSR count). The Morgan fingerprint density at radius 2 is 1.60 bits per heavy atom. The van der Waals surface area contributed by atoms with Gasteiger partial charge >= 0.3 is 0 Å². The fourth-order valence-electron chi connectivity index (χ4n) is 1.74. The maximum absolute atomic E-state index is 8.98. The van der Waals surface area contributed by atoms with Crippen LogP contribution in [0.1, 0.15) is 16.7 Å². The van der Waals surface area contributed by atoms with Crippen LogP contribution in [-0.2, 0) is 6.54 Å². The molecule has 2 aromatic rings. The Labute approximate surface area is 127 Å². The molecule has 2 aromatic carbocycles. The maximum Gasteiger partial charge on any atom is 0.101 e. The molecule has 0 saturated carbocycles. The molecule has 0 aliphatic carbocycles. The minimum atomic E-state index is 0.336. The summed E-state index contributed by atoms with van der Waals surface area (Å²) in [6, 6.07) is 14.3. The highest BCUT2D eigenvalue weighted by atomic mass is 35.5. The zero-order valence-electron chi connectivity index (χ0n) is 10.3. The van der Waals surface area contributed by atoms with E-state index < -0.39 is 0 Å². The van der Waals surface area contributed by atoms with Crippen molar-refractivity contribution in [2.24, 2.45) is 0 Å². The van der Waals surface area contributed by atoms with Crippen molar-refractivity contribution < 1.29 is 0 Å². The Morgan fingerprint density at radius 3 is 2.20 bits per heavy atom. The molecular formula is C15H9Cl2N3. The molecule has 3 nitrogen and oxygen atoms in total. The van der Waals surface area contributed by atoms with Crippen molar-refractivity contribution >= 4 is 28.9 Å². The maximum atomic E-state index is 8.98. The van der Waals surface area contributed by atoms with Gasteiger partial charge in [0, 0.05) is 27.8 Å². The van der Waals surface area contributed by atoms with Gasteiger partial charge in [-0.25, -0.2) is 0 Å². The molecule has 0 radical (unpaired) electrons. The fourth-order valence-corrected chi connectivity index (χ4v) is 2.27. The molecule has 0 atom stereocenters. The summed E-state index contributed by atoms with van der Waals surface area (Å²) in [6.07, 6.45) is 0. The van der Waals surface area contributed by atoms with E-state index in [9.17, 15) is 0 Å². The second-order valence-electron chi connectivity index (χ2n) is 4.04. The Kier molecular flexibility index (Phi) is 4.48. The number of nitrogens with one attached hydrogen (secondary N) is 1. The second kappa shape index (κ2) is 6.30. The van der Waals surface area contributed by atoms with Crippen molar-refractivity contribution in [2.45, 2.75) is 6.54 Å². The topological polar surface area (TPSA) is 59.6 Å². The number of nitrogens with zero attached hydrogens (tertiary/aromatic N) is 2. The smallest absolute Gasteiger partial charge is 0.101 e. The number of rotatable bonds is 3. The van der Waals surface area contributed by atoms with Crippen LogP contribution in [0.3, 0.4) is 0 Å². The van der Waals surface area contributed by atoms with E-state index in [1.54, 1.807) is 36.4 Å². The fraction of sp³-hybridized carbons (Fsp3) is 0.0667. The van der Waals surface area contributed by atoms with Gasteiger partial charge in [0.1, 0.15) is 12.1 Å². The molecule has 0 bridgehead atoms. The summed E-state index contributed by atoms with van der Waals surface area (Å²) in [5.41, 5.74) is 2.21. The lowest BCUT2D eigenvalue weighted by atomic mass is 10.1. The van der Waals surface area contributed by atoms with E-state index >= 15 is 0 Å². The normalized spacial score (nSPS) is 9.60. The first kappa shape index (κ1) is 14.2.